The fraction of sp³-hybridized carbons (Fsp3) is 0.632. The smallest absolute Gasteiger partial charge is 0.240 e. The summed E-state index contributed by atoms with van der Waals surface area (Å²) in [5, 5.41) is 0. The molecule has 1 N–H and O–H groups in total. The van der Waals surface area contributed by atoms with Crippen molar-refractivity contribution in [3.8, 4) is 5.75 Å². The summed E-state index contributed by atoms with van der Waals surface area (Å²) in [6.45, 7) is 4.24. The molecule has 1 aromatic carbocycles. The van der Waals surface area contributed by atoms with Gasteiger partial charge in [-0.05, 0) is 69.0 Å². The van der Waals surface area contributed by atoms with E-state index in [1.165, 1.54) is 25.0 Å². The zero-order valence-corrected chi connectivity index (χ0v) is 16.7. The number of likely N-dealkylation sites (tertiary alicyclic amines) is 2. The summed E-state index contributed by atoms with van der Waals surface area (Å²) in [6, 6.07) is 6.34. The fourth-order valence-corrected chi connectivity index (χ4v) is 4.87. The minimum Gasteiger partial charge on any atom is -0.497 e. The van der Waals surface area contributed by atoms with Gasteiger partial charge in [-0.2, -0.15) is 0 Å². The van der Waals surface area contributed by atoms with Crippen LogP contribution in [-0.2, 0) is 14.8 Å². The Morgan fingerprint density at radius 1 is 1.15 bits per heavy atom. The first-order valence-corrected chi connectivity index (χ1v) is 11.1. The predicted octanol–water partition coefficient (Wildman–Crippen LogP) is 1.31. The quantitative estimate of drug-likeness (QED) is 0.753. The summed E-state index contributed by atoms with van der Waals surface area (Å²) in [6.07, 6.45) is 4.19. The lowest BCUT2D eigenvalue weighted by molar-refractivity contribution is -0.133. The molecular formula is C19H29N3O4S. The van der Waals surface area contributed by atoms with Crippen LogP contribution >= 0.6 is 0 Å². The molecule has 0 radical (unpaired) electrons. The number of hydrogen-bond acceptors (Lipinski definition) is 5. The van der Waals surface area contributed by atoms with Crippen molar-refractivity contribution in [3.05, 3.63) is 24.3 Å². The standard InChI is InChI=1S/C19H29N3O4S/c1-26-17-6-8-18(9-7-17)27(24,25)20-13-16-5-4-12-22(14-16)19(23)15-21-10-2-3-11-21/h6-9,16,20H,2-5,10-15H2,1H3/t16-/m0/s1. The maximum Gasteiger partial charge on any atom is 0.240 e. The Hall–Kier alpha value is -1.64. The highest BCUT2D eigenvalue weighted by Crippen LogP contribution is 2.19. The minimum atomic E-state index is -3.56. The van der Waals surface area contributed by atoms with E-state index in [9.17, 15) is 13.2 Å². The van der Waals surface area contributed by atoms with E-state index in [-0.39, 0.29) is 16.7 Å². The molecule has 150 valence electrons. The first kappa shape index (κ1) is 20.1. The van der Waals surface area contributed by atoms with Gasteiger partial charge in [0.2, 0.25) is 15.9 Å². The Kier molecular flexibility index (Phi) is 6.73. The second-order valence-electron chi connectivity index (χ2n) is 7.36. The van der Waals surface area contributed by atoms with Crippen LogP contribution in [0, 0.1) is 5.92 Å². The third-order valence-corrected chi connectivity index (χ3v) is 6.80. The SMILES string of the molecule is COc1ccc(S(=O)(=O)NC[C@@H]2CCCN(C(=O)CN3CCCC3)C2)cc1. The highest BCUT2D eigenvalue weighted by atomic mass is 32.2. The van der Waals surface area contributed by atoms with Crippen molar-refractivity contribution in [2.45, 2.75) is 30.6 Å². The van der Waals surface area contributed by atoms with Gasteiger partial charge in [0.25, 0.3) is 0 Å². The van der Waals surface area contributed by atoms with E-state index >= 15 is 0 Å². The van der Waals surface area contributed by atoms with Crippen LogP contribution in [0.15, 0.2) is 29.2 Å². The molecule has 27 heavy (non-hydrogen) atoms. The van der Waals surface area contributed by atoms with Crippen LogP contribution in [0.5, 0.6) is 5.75 Å². The average molecular weight is 396 g/mol. The number of methoxy groups -OCH3 is 1. The molecule has 2 heterocycles. The number of carbonyl (C=O) groups excluding carboxylic acids is 1. The normalized spacial score (nSPS) is 21.4. The Bertz CT molecular complexity index is 730. The molecular weight excluding hydrogens is 366 g/mol. The maximum atomic E-state index is 12.5. The largest absolute Gasteiger partial charge is 0.497 e. The molecule has 0 aromatic heterocycles. The van der Waals surface area contributed by atoms with Gasteiger partial charge in [-0.3, -0.25) is 9.69 Å². The van der Waals surface area contributed by atoms with Crippen molar-refractivity contribution in [2.75, 3.05) is 46.4 Å². The second-order valence-corrected chi connectivity index (χ2v) is 9.13. The lowest BCUT2D eigenvalue weighted by Gasteiger charge is -2.33. The van der Waals surface area contributed by atoms with Gasteiger partial charge in [0.05, 0.1) is 18.6 Å². The number of hydrogen-bond donors (Lipinski definition) is 1. The number of sulfonamides is 1. The van der Waals surface area contributed by atoms with Crippen LogP contribution < -0.4 is 9.46 Å². The number of nitrogens with zero attached hydrogens (tertiary/aromatic N) is 2. The third kappa shape index (κ3) is 5.43. The minimum absolute atomic E-state index is 0.148. The molecule has 1 atom stereocenters. The van der Waals surface area contributed by atoms with Crippen LogP contribution in [0.4, 0.5) is 0 Å². The second kappa shape index (κ2) is 9.03. The van der Waals surface area contributed by atoms with E-state index in [4.69, 9.17) is 4.74 Å². The van der Waals surface area contributed by atoms with Crippen molar-refractivity contribution in [3.63, 3.8) is 0 Å². The molecule has 7 nitrogen and oxygen atoms in total. The van der Waals surface area contributed by atoms with E-state index in [1.807, 2.05) is 4.90 Å². The summed E-state index contributed by atoms with van der Waals surface area (Å²) in [7, 11) is -2.01. The number of carbonyl (C=O) groups is 1. The first-order chi connectivity index (χ1) is 13.0. The Morgan fingerprint density at radius 2 is 1.85 bits per heavy atom. The summed E-state index contributed by atoms with van der Waals surface area (Å²) < 4.78 is 32.7. The number of nitrogens with one attached hydrogen (secondary N) is 1. The molecule has 0 saturated carbocycles. The van der Waals surface area contributed by atoms with Gasteiger partial charge in [0.15, 0.2) is 0 Å². The molecule has 1 amide bonds. The van der Waals surface area contributed by atoms with Gasteiger partial charge in [-0.15, -0.1) is 0 Å². The Balaban J connectivity index is 1.51. The summed E-state index contributed by atoms with van der Waals surface area (Å²) in [5.74, 6) is 0.933. The molecule has 2 fully saturated rings. The first-order valence-electron chi connectivity index (χ1n) is 9.62. The van der Waals surface area contributed by atoms with Gasteiger partial charge < -0.3 is 9.64 Å². The lowest BCUT2D eigenvalue weighted by atomic mass is 9.98. The zero-order chi connectivity index (χ0) is 19.3. The molecule has 1 aromatic rings. The number of benzene rings is 1. The molecule has 0 unspecified atom stereocenters. The summed E-state index contributed by atoms with van der Waals surface area (Å²) in [4.78, 5) is 16.8. The van der Waals surface area contributed by atoms with Crippen molar-refractivity contribution in [1.29, 1.82) is 0 Å². The van der Waals surface area contributed by atoms with E-state index in [1.54, 1.807) is 19.2 Å². The van der Waals surface area contributed by atoms with Gasteiger partial charge >= 0.3 is 0 Å². The molecule has 8 heteroatoms. The van der Waals surface area contributed by atoms with E-state index in [0.29, 0.717) is 25.4 Å². The summed E-state index contributed by atoms with van der Waals surface area (Å²) in [5.41, 5.74) is 0. The number of rotatable bonds is 7. The topological polar surface area (TPSA) is 79.0 Å². The third-order valence-electron chi connectivity index (χ3n) is 5.36. The molecule has 0 spiro atoms. The van der Waals surface area contributed by atoms with E-state index in [2.05, 4.69) is 9.62 Å². The van der Waals surface area contributed by atoms with E-state index < -0.39 is 10.0 Å². The van der Waals surface area contributed by atoms with Gasteiger partial charge in [0, 0.05) is 19.6 Å². The molecule has 0 bridgehead atoms. The van der Waals surface area contributed by atoms with Crippen LogP contribution in [0.2, 0.25) is 0 Å². The van der Waals surface area contributed by atoms with Crippen LogP contribution in [0.25, 0.3) is 0 Å². The fourth-order valence-electron chi connectivity index (χ4n) is 3.76. The van der Waals surface area contributed by atoms with Gasteiger partial charge in [-0.1, -0.05) is 0 Å². The molecule has 3 rings (SSSR count). The highest BCUT2D eigenvalue weighted by Gasteiger charge is 2.26. The van der Waals surface area contributed by atoms with Crippen molar-refractivity contribution < 1.29 is 17.9 Å². The number of amides is 1. The van der Waals surface area contributed by atoms with Crippen molar-refractivity contribution >= 4 is 15.9 Å². The molecule has 2 saturated heterocycles. The maximum absolute atomic E-state index is 12.5. The van der Waals surface area contributed by atoms with Crippen LogP contribution in [-0.4, -0.2) is 70.5 Å². The van der Waals surface area contributed by atoms with Crippen molar-refractivity contribution in [1.82, 2.24) is 14.5 Å². The van der Waals surface area contributed by atoms with E-state index in [0.717, 1.165) is 32.5 Å². The Labute approximate surface area is 161 Å². The van der Waals surface area contributed by atoms with Crippen LogP contribution in [0.1, 0.15) is 25.7 Å². The molecule has 0 aliphatic carbocycles. The lowest BCUT2D eigenvalue weighted by Crippen LogP contribution is -2.46. The zero-order valence-electron chi connectivity index (χ0n) is 15.9. The van der Waals surface area contributed by atoms with Crippen molar-refractivity contribution in [2.24, 2.45) is 5.92 Å². The molecule has 2 aliphatic heterocycles. The van der Waals surface area contributed by atoms with Gasteiger partial charge in [0.1, 0.15) is 5.75 Å². The number of piperidine rings is 1. The molecule has 2 aliphatic rings. The van der Waals surface area contributed by atoms with Crippen LogP contribution in [0.3, 0.4) is 0 Å². The monoisotopic (exact) mass is 395 g/mol. The summed E-state index contributed by atoms with van der Waals surface area (Å²) >= 11 is 0. The highest BCUT2D eigenvalue weighted by molar-refractivity contribution is 7.89. The predicted molar refractivity (Wildman–Crippen MR) is 103 cm³/mol. The number of ether oxygens (including phenoxy) is 1. The average Bonchev–Trinajstić information content (AvgIpc) is 3.20. The van der Waals surface area contributed by atoms with Gasteiger partial charge in [-0.25, -0.2) is 13.1 Å². The Morgan fingerprint density at radius 3 is 2.52 bits per heavy atom.